The van der Waals surface area contributed by atoms with Gasteiger partial charge in [0.1, 0.15) is 5.75 Å². The van der Waals surface area contributed by atoms with E-state index in [1.165, 1.54) is 12.1 Å². The maximum absolute atomic E-state index is 13.1. The Morgan fingerprint density at radius 2 is 1.62 bits per heavy atom. The number of benzene rings is 2. The molecule has 2 nitrogen and oxygen atoms in total. The van der Waals surface area contributed by atoms with Crippen LogP contribution >= 0.6 is 0 Å². The first-order valence-corrected chi connectivity index (χ1v) is 4.83. The summed E-state index contributed by atoms with van der Waals surface area (Å²) in [5, 5.41) is 9.08. The molecule has 0 aromatic heterocycles. The van der Waals surface area contributed by atoms with Crippen molar-refractivity contribution in [2.75, 3.05) is 7.11 Å². The van der Waals surface area contributed by atoms with Gasteiger partial charge in [-0.3, -0.25) is 0 Å². The molecule has 0 aliphatic rings. The van der Waals surface area contributed by atoms with E-state index < -0.39 is 5.82 Å². The summed E-state index contributed by atoms with van der Waals surface area (Å²) in [6, 6.07) is 11.6. The number of rotatable bonds is 2. The Morgan fingerprint density at radius 3 is 2.19 bits per heavy atom. The van der Waals surface area contributed by atoms with Crippen LogP contribution in [0.25, 0.3) is 11.1 Å². The number of ether oxygens (including phenoxy) is 1. The number of phenols is 1. The van der Waals surface area contributed by atoms with Gasteiger partial charge in [0.05, 0.1) is 7.11 Å². The molecule has 0 aliphatic heterocycles. The monoisotopic (exact) mass is 218 g/mol. The van der Waals surface area contributed by atoms with Crippen LogP contribution in [0.3, 0.4) is 0 Å². The van der Waals surface area contributed by atoms with E-state index in [4.69, 9.17) is 9.84 Å². The predicted octanol–water partition coefficient (Wildman–Crippen LogP) is 3.21. The van der Waals surface area contributed by atoms with Gasteiger partial charge >= 0.3 is 0 Å². The number of phenolic OH excluding ortho intramolecular Hbond substituents is 1. The highest BCUT2D eigenvalue weighted by molar-refractivity contribution is 5.65. The molecule has 0 spiro atoms. The fraction of sp³-hybridized carbons (Fsp3) is 0.0769. The molecule has 0 aliphatic carbocycles. The number of hydrogen-bond donors (Lipinski definition) is 1. The van der Waals surface area contributed by atoms with Crippen LogP contribution in [0.15, 0.2) is 42.5 Å². The first-order valence-electron chi connectivity index (χ1n) is 4.83. The van der Waals surface area contributed by atoms with Gasteiger partial charge in [-0.2, -0.15) is 0 Å². The third-order valence-electron chi connectivity index (χ3n) is 2.37. The van der Waals surface area contributed by atoms with Gasteiger partial charge in [0, 0.05) is 0 Å². The van der Waals surface area contributed by atoms with E-state index in [2.05, 4.69) is 0 Å². The summed E-state index contributed by atoms with van der Waals surface area (Å²) in [5.41, 5.74) is 1.60. The van der Waals surface area contributed by atoms with Crippen molar-refractivity contribution in [3.63, 3.8) is 0 Å². The summed E-state index contributed by atoms with van der Waals surface area (Å²) in [5.74, 6) is -0.200. The average molecular weight is 218 g/mol. The summed E-state index contributed by atoms with van der Waals surface area (Å²) in [6.07, 6.45) is 0. The molecule has 2 aromatic carbocycles. The molecule has 0 bridgehead atoms. The lowest BCUT2D eigenvalue weighted by Crippen LogP contribution is -1.84. The number of aromatic hydroxyl groups is 1. The molecule has 0 saturated heterocycles. The lowest BCUT2D eigenvalue weighted by Gasteiger charge is -2.04. The third-order valence-corrected chi connectivity index (χ3v) is 2.37. The van der Waals surface area contributed by atoms with Crippen LogP contribution in [0.1, 0.15) is 0 Å². The number of methoxy groups -OCH3 is 1. The van der Waals surface area contributed by atoms with Crippen LogP contribution in [0.4, 0.5) is 4.39 Å². The highest BCUT2D eigenvalue weighted by atomic mass is 19.1. The van der Waals surface area contributed by atoms with Crippen molar-refractivity contribution in [1.29, 1.82) is 0 Å². The highest BCUT2D eigenvalue weighted by Gasteiger charge is 2.03. The van der Waals surface area contributed by atoms with E-state index >= 15 is 0 Å². The molecule has 0 radical (unpaired) electrons. The Bertz CT molecular complexity index is 492. The minimum Gasteiger partial charge on any atom is -0.505 e. The van der Waals surface area contributed by atoms with Crippen molar-refractivity contribution >= 4 is 0 Å². The van der Waals surface area contributed by atoms with Gasteiger partial charge in [0.25, 0.3) is 0 Å². The largest absolute Gasteiger partial charge is 0.505 e. The Hall–Kier alpha value is -2.03. The molecule has 2 rings (SSSR count). The van der Waals surface area contributed by atoms with Crippen LogP contribution in [0, 0.1) is 5.82 Å². The number of halogens is 1. The summed E-state index contributed by atoms with van der Waals surface area (Å²) in [4.78, 5) is 0. The topological polar surface area (TPSA) is 29.5 Å². The average Bonchev–Trinajstić information content (AvgIpc) is 2.33. The first-order chi connectivity index (χ1) is 7.70. The molecule has 0 fully saturated rings. The maximum atomic E-state index is 13.1. The van der Waals surface area contributed by atoms with Gasteiger partial charge in [0.2, 0.25) is 0 Å². The van der Waals surface area contributed by atoms with E-state index in [0.717, 1.165) is 16.9 Å². The Balaban J connectivity index is 2.38. The van der Waals surface area contributed by atoms with Gasteiger partial charge in [-0.25, -0.2) is 4.39 Å². The van der Waals surface area contributed by atoms with Gasteiger partial charge in [-0.05, 0) is 35.4 Å². The van der Waals surface area contributed by atoms with Crippen LogP contribution in [-0.4, -0.2) is 12.2 Å². The van der Waals surface area contributed by atoms with Crippen molar-refractivity contribution in [1.82, 2.24) is 0 Å². The molecule has 16 heavy (non-hydrogen) atoms. The predicted molar refractivity (Wildman–Crippen MR) is 60.1 cm³/mol. The van der Waals surface area contributed by atoms with Gasteiger partial charge in [-0.15, -0.1) is 0 Å². The second-order valence-electron chi connectivity index (χ2n) is 3.39. The zero-order valence-corrected chi connectivity index (χ0v) is 8.77. The quantitative estimate of drug-likeness (QED) is 0.838. The van der Waals surface area contributed by atoms with Crippen LogP contribution in [0.5, 0.6) is 11.5 Å². The van der Waals surface area contributed by atoms with E-state index in [1.807, 2.05) is 12.1 Å². The van der Waals surface area contributed by atoms with Crippen molar-refractivity contribution in [3.8, 4) is 22.6 Å². The molecular formula is C13H11FO2. The van der Waals surface area contributed by atoms with Crippen molar-refractivity contribution in [2.45, 2.75) is 0 Å². The summed E-state index contributed by atoms with van der Waals surface area (Å²) in [6.45, 7) is 0. The molecule has 0 unspecified atom stereocenters. The Labute approximate surface area is 92.9 Å². The van der Waals surface area contributed by atoms with Crippen LogP contribution in [0.2, 0.25) is 0 Å². The van der Waals surface area contributed by atoms with E-state index in [0.29, 0.717) is 0 Å². The van der Waals surface area contributed by atoms with E-state index in [-0.39, 0.29) is 5.75 Å². The second-order valence-corrected chi connectivity index (χ2v) is 3.39. The minimum absolute atomic E-state index is 0.336. The first kappa shape index (κ1) is 10.5. The molecule has 82 valence electrons. The van der Waals surface area contributed by atoms with Crippen LogP contribution in [-0.2, 0) is 0 Å². The fourth-order valence-electron chi connectivity index (χ4n) is 1.47. The lowest BCUT2D eigenvalue weighted by molar-refractivity contribution is 0.415. The van der Waals surface area contributed by atoms with Crippen molar-refractivity contribution < 1.29 is 14.2 Å². The fourth-order valence-corrected chi connectivity index (χ4v) is 1.47. The highest BCUT2D eigenvalue weighted by Crippen LogP contribution is 2.26. The molecular weight excluding hydrogens is 207 g/mol. The Kier molecular flexibility index (Phi) is 2.77. The second kappa shape index (κ2) is 4.23. The van der Waals surface area contributed by atoms with Crippen molar-refractivity contribution in [3.05, 3.63) is 48.3 Å². The smallest absolute Gasteiger partial charge is 0.165 e. The zero-order chi connectivity index (χ0) is 11.5. The summed E-state index contributed by atoms with van der Waals surface area (Å²) < 4.78 is 18.2. The molecule has 2 aromatic rings. The van der Waals surface area contributed by atoms with Gasteiger partial charge in [-0.1, -0.05) is 18.2 Å². The van der Waals surface area contributed by atoms with E-state index in [1.54, 1.807) is 25.3 Å². The maximum Gasteiger partial charge on any atom is 0.165 e. The molecule has 1 N–H and O–H groups in total. The minimum atomic E-state index is -0.617. The third kappa shape index (κ3) is 1.98. The zero-order valence-electron chi connectivity index (χ0n) is 8.77. The SMILES string of the molecule is COc1ccc(-c2ccc(O)c(F)c2)cc1. The molecule has 0 heterocycles. The summed E-state index contributed by atoms with van der Waals surface area (Å²) >= 11 is 0. The lowest BCUT2D eigenvalue weighted by atomic mass is 10.1. The summed E-state index contributed by atoms with van der Waals surface area (Å²) in [7, 11) is 1.59. The van der Waals surface area contributed by atoms with Crippen LogP contribution < -0.4 is 4.74 Å². The van der Waals surface area contributed by atoms with Crippen molar-refractivity contribution in [2.24, 2.45) is 0 Å². The van der Waals surface area contributed by atoms with E-state index in [9.17, 15) is 4.39 Å². The Morgan fingerprint density at radius 1 is 1.00 bits per heavy atom. The number of hydrogen-bond acceptors (Lipinski definition) is 2. The standard InChI is InChI=1S/C13H11FO2/c1-16-11-5-2-9(3-6-11)10-4-7-13(15)12(14)8-10/h2-8,15H,1H3. The normalized spacial score (nSPS) is 10.1. The molecule has 3 heteroatoms. The molecule has 0 amide bonds. The molecule has 0 atom stereocenters. The van der Waals surface area contributed by atoms with Gasteiger partial charge < -0.3 is 9.84 Å². The van der Waals surface area contributed by atoms with Gasteiger partial charge in [0.15, 0.2) is 11.6 Å². The molecule has 0 saturated carbocycles.